The Labute approximate surface area is 105 Å². The van der Waals surface area contributed by atoms with Crippen molar-refractivity contribution in [2.75, 3.05) is 6.61 Å². The number of ether oxygens (including phenoxy) is 1. The first kappa shape index (κ1) is 14.0. The fraction of sp³-hybridized carbons (Fsp3) is 0.643. The zero-order valence-corrected chi connectivity index (χ0v) is 11.4. The van der Waals surface area contributed by atoms with Crippen LogP contribution in [0.15, 0.2) is 18.3 Å². The molecule has 0 aliphatic heterocycles. The van der Waals surface area contributed by atoms with Crippen molar-refractivity contribution in [3.05, 3.63) is 24.0 Å². The van der Waals surface area contributed by atoms with E-state index >= 15 is 0 Å². The predicted octanol–water partition coefficient (Wildman–Crippen LogP) is 3.00. The van der Waals surface area contributed by atoms with Gasteiger partial charge in [0.2, 0.25) is 0 Å². The summed E-state index contributed by atoms with van der Waals surface area (Å²) in [6.45, 7) is 10.2. The lowest BCUT2D eigenvalue weighted by Gasteiger charge is -2.09. The van der Waals surface area contributed by atoms with Crippen molar-refractivity contribution >= 4 is 0 Å². The second-order valence-corrected chi connectivity index (χ2v) is 5.05. The summed E-state index contributed by atoms with van der Waals surface area (Å²) in [6.07, 6.45) is 2.88. The molecule has 1 heterocycles. The molecular weight excluding hydrogens is 212 g/mol. The number of hydrogen-bond acceptors (Lipinski definition) is 3. The molecule has 3 heteroatoms. The molecule has 0 amide bonds. The van der Waals surface area contributed by atoms with Crippen molar-refractivity contribution in [3.8, 4) is 5.75 Å². The van der Waals surface area contributed by atoms with E-state index in [4.69, 9.17) is 4.74 Å². The highest BCUT2D eigenvalue weighted by atomic mass is 16.5. The molecule has 0 bridgehead atoms. The van der Waals surface area contributed by atoms with Crippen LogP contribution in [0.3, 0.4) is 0 Å². The predicted molar refractivity (Wildman–Crippen MR) is 71.2 cm³/mol. The van der Waals surface area contributed by atoms with Gasteiger partial charge in [-0.05, 0) is 24.5 Å². The van der Waals surface area contributed by atoms with Crippen LogP contribution < -0.4 is 10.1 Å². The molecule has 0 saturated heterocycles. The van der Waals surface area contributed by atoms with E-state index in [1.165, 1.54) is 0 Å². The average molecular weight is 236 g/mol. The van der Waals surface area contributed by atoms with E-state index in [9.17, 15) is 0 Å². The first-order chi connectivity index (χ1) is 8.08. The largest absolute Gasteiger partial charge is 0.492 e. The Morgan fingerprint density at radius 1 is 1.24 bits per heavy atom. The lowest BCUT2D eigenvalue weighted by Crippen LogP contribution is -2.22. The summed E-state index contributed by atoms with van der Waals surface area (Å²) in [5.41, 5.74) is 1.05. The highest BCUT2D eigenvalue weighted by Crippen LogP contribution is 2.10. The molecule has 0 atom stereocenters. The molecule has 96 valence electrons. The van der Waals surface area contributed by atoms with Gasteiger partial charge >= 0.3 is 0 Å². The van der Waals surface area contributed by atoms with Crippen LogP contribution in [-0.2, 0) is 6.54 Å². The third-order valence-corrected chi connectivity index (χ3v) is 2.45. The molecule has 17 heavy (non-hydrogen) atoms. The van der Waals surface area contributed by atoms with Crippen LogP contribution in [-0.4, -0.2) is 17.6 Å². The van der Waals surface area contributed by atoms with Gasteiger partial charge in [-0.3, -0.25) is 4.98 Å². The SMILES string of the molecule is CC(C)CCOc1ccc(CNC(C)C)nc1. The zero-order valence-electron chi connectivity index (χ0n) is 11.4. The van der Waals surface area contributed by atoms with Gasteiger partial charge < -0.3 is 10.1 Å². The van der Waals surface area contributed by atoms with Gasteiger partial charge in [0, 0.05) is 12.6 Å². The molecule has 3 nitrogen and oxygen atoms in total. The molecule has 1 aromatic heterocycles. The molecule has 0 fully saturated rings. The summed E-state index contributed by atoms with van der Waals surface area (Å²) < 4.78 is 5.61. The topological polar surface area (TPSA) is 34.1 Å². The first-order valence-corrected chi connectivity index (χ1v) is 6.39. The van der Waals surface area contributed by atoms with Crippen LogP contribution in [0.1, 0.15) is 39.8 Å². The van der Waals surface area contributed by atoms with E-state index < -0.39 is 0 Å². The maximum Gasteiger partial charge on any atom is 0.137 e. The Morgan fingerprint density at radius 3 is 2.53 bits per heavy atom. The van der Waals surface area contributed by atoms with Gasteiger partial charge in [-0.2, -0.15) is 0 Å². The van der Waals surface area contributed by atoms with E-state index in [0.29, 0.717) is 12.0 Å². The molecule has 0 aliphatic rings. The minimum atomic E-state index is 0.485. The molecule has 0 aliphatic carbocycles. The Hall–Kier alpha value is -1.09. The molecule has 0 spiro atoms. The Kier molecular flexibility index (Phi) is 5.98. The van der Waals surface area contributed by atoms with Gasteiger partial charge in [0.15, 0.2) is 0 Å². The van der Waals surface area contributed by atoms with E-state index in [-0.39, 0.29) is 0 Å². The smallest absolute Gasteiger partial charge is 0.137 e. The van der Waals surface area contributed by atoms with Crippen molar-refractivity contribution < 1.29 is 4.74 Å². The highest BCUT2D eigenvalue weighted by Gasteiger charge is 1.99. The molecule has 1 N–H and O–H groups in total. The number of nitrogens with one attached hydrogen (secondary N) is 1. The minimum absolute atomic E-state index is 0.485. The monoisotopic (exact) mass is 236 g/mol. The van der Waals surface area contributed by atoms with Crippen LogP contribution in [0.2, 0.25) is 0 Å². The molecule has 1 rings (SSSR count). The molecular formula is C14H24N2O. The summed E-state index contributed by atoms with van der Waals surface area (Å²) in [6, 6.07) is 4.49. The summed E-state index contributed by atoms with van der Waals surface area (Å²) in [5, 5.41) is 3.34. The molecule has 0 saturated carbocycles. The fourth-order valence-corrected chi connectivity index (χ4v) is 1.32. The quantitative estimate of drug-likeness (QED) is 0.790. The lowest BCUT2D eigenvalue weighted by atomic mass is 10.1. The van der Waals surface area contributed by atoms with Crippen molar-refractivity contribution in [3.63, 3.8) is 0 Å². The second-order valence-electron chi connectivity index (χ2n) is 5.05. The second kappa shape index (κ2) is 7.28. The normalized spacial score (nSPS) is 11.2. The van der Waals surface area contributed by atoms with Crippen molar-refractivity contribution in [1.29, 1.82) is 0 Å². The van der Waals surface area contributed by atoms with Gasteiger partial charge in [0.1, 0.15) is 5.75 Å². The van der Waals surface area contributed by atoms with Gasteiger partial charge in [0.05, 0.1) is 18.5 Å². The summed E-state index contributed by atoms with van der Waals surface area (Å²) >= 11 is 0. The van der Waals surface area contributed by atoms with Crippen LogP contribution in [0, 0.1) is 5.92 Å². The van der Waals surface area contributed by atoms with Crippen molar-refractivity contribution in [2.45, 2.75) is 46.7 Å². The maximum atomic E-state index is 5.61. The number of nitrogens with zero attached hydrogens (tertiary/aromatic N) is 1. The van der Waals surface area contributed by atoms with Crippen LogP contribution in [0.5, 0.6) is 5.75 Å². The van der Waals surface area contributed by atoms with E-state index in [0.717, 1.165) is 31.0 Å². The number of rotatable bonds is 7. The molecule has 1 aromatic rings. The number of hydrogen-bond donors (Lipinski definition) is 1. The summed E-state index contributed by atoms with van der Waals surface area (Å²) in [7, 11) is 0. The van der Waals surface area contributed by atoms with E-state index in [1.807, 2.05) is 12.1 Å². The average Bonchev–Trinajstić information content (AvgIpc) is 2.27. The van der Waals surface area contributed by atoms with E-state index in [1.54, 1.807) is 6.20 Å². The Balaban J connectivity index is 2.34. The van der Waals surface area contributed by atoms with Gasteiger partial charge in [0.25, 0.3) is 0 Å². The third-order valence-electron chi connectivity index (χ3n) is 2.45. The summed E-state index contributed by atoms with van der Waals surface area (Å²) in [5.74, 6) is 1.54. The first-order valence-electron chi connectivity index (χ1n) is 6.39. The van der Waals surface area contributed by atoms with Crippen LogP contribution in [0.4, 0.5) is 0 Å². The number of aromatic nitrogens is 1. The Morgan fingerprint density at radius 2 is 2.00 bits per heavy atom. The van der Waals surface area contributed by atoms with Gasteiger partial charge in [-0.15, -0.1) is 0 Å². The molecule has 0 unspecified atom stereocenters. The fourth-order valence-electron chi connectivity index (χ4n) is 1.32. The van der Waals surface area contributed by atoms with Gasteiger partial charge in [-0.1, -0.05) is 27.7 Å². The van der Waals surface area contributed by atoms with Crippen LogP contribution in [0.25, 0.3) is 0 Å². The van der Waals surface area contributed by atoms with Gasteiger partial charge in [-0.25, -0.2) is 0 Å². The van der Waals surface area contributed by atoms with Crippen molar-refractivity contribution in [2.24, 2.45) is 5.92 Å². The standard InChI is InChI=1S/C14H24N2O/c1-11(2)7-8-17-14-6-5-13(16-10-14)9-15-12(3)4/h5-6,10-12,15H,7-9H2,1-4H3. The molecule has 0 aromatic carbocycles. The van der Waals surface area contributed by atoms with Crippen molar-refractivity contribution in [1.82, 2.24) is 10.3 Å². The van der Waals surface area contributed by atoms with E-state index in [2.05, 4.69) is 38.0 Å². The molecule has 0 radical (unpaired) electrons. The maximum absolute atomic E-state index is 5.61. The highest BCUT2D eigenvalue weighted by molar-refractivity contribution is 5.19. The zero-order chi connectivity index (χ0) is 12.7. The Bertz CT molecular complexity index is 307. The minimum Gasteiger partial charge on any atom is -0.492 e. The lowest BCUT2D eigenvalue weighted by molar-refractivity contribution is 0.288. The third kappa shape index (κ3) is 6.27. The van der Waals surface area contributed by atoms with Crippen LogP contribution >= 0.6 is 0 Å². The number of pyridine rings is 1. The summed E-state index contributed by atoms with van der Waals surface area (Å²) in [4.78, 5) is 4.36.